The molecule has 15 heavy (non-hydrogen) atoms. The molecule has 0 spiro atoms. The first-order valence-electron chi connectivity index (χ1n) is 4.74. The predicted octanol–water partition coefficient (Wildman–Crippen LogP) is 0.752. The van der Waals surface area contributed by atoms with Crippen LogP contribution in [0.15, 0.2) is 24.3 Å². The molecule has 1 fully saturated rings. The summed E-state index contributed by atoms with van der Waals surface area (Å²) in [6.07, 6.45) is -0.862. The number of benzene rings is 1. The van der Waals surface area contributed by atoms with Crippen molar-refractivity contribution in [1.29, 1.82) is 0 Å². The van der Waals surface area contributed by atoms with Gasteiger partial charge in [-0.05, 0) is 11.1 Å². The molecule has 2 aliphatic rings. The summed E-state index contributed by atoms with van der Waals surface area (Å²) in [6, 6.07) is 7.46. The third kappa shape index (κ3) is 1.18. The number of carbonyl (C=O) groups excluding carboxylic acids is 2. The van der Waals surface area contributed by atoms with Crippen molar-refractivity contribution in [2.75, 3.05) is 0 Å². The quantitative estimate of drug-likeness (QED) is 0.462. The Kier molecular flexibility index (Phi) is 1.67. The smallest absolute Gasteiger partial charge is 0.347 e. The summed E-state index contributed by atoms with van der Waals surface area (Å²) in [6.45, 7) is 0. The maximum atomic E-state index is 11.4. The van der Waals surface area contributed by atoms with E-state index >= 15 is 0 Å². The third-order valence-corrected chi connectivity index (χ3v) is 2.72. The number of carbonyl (C=O) groups is 2. The normalized spacial score (nSPS) is 28.3. The van der Waals surface area contributed by atoms with Crippen LogP contribution in [0.25, 0.3) is 0 Å². The van der Waals surface area contributed by atoms with Gasteiger partial charge in [-0.15, -0.1) is 0 Å². The molecule has 76 valence electrons. The van der Waals surface area contributed by atoms with E-state index in [1.807, 2.05) is 24.3 Å². The van der Waals surface area contributed by atoms with Gasteiger partial charge in [-0.25, -0.2) is 9.59 Å². The molecule has 2 unspecified atom stereocenters. The van der Waals surface area contributed by atoms with Gasteiger partial charge in [0.1, 0.15) is 0 Å². The minimum atomic E-state index is -0.724. The van der Waals surface area contributed by atoms with E-state index in [2.05, 4.69) is 4.74 Å². The van der Waals surface area contributed by atoms with Crippen molar-refractivity contribution in [2.45, 2.75) is 18.6 Å². The molecule has 2 aliphatic heterocycles. The molecule has 0 saturated carbocycles. The zero-order valence-electron chi connectivity index (χ0n) is 7.80. The lowest BCUT2D eigenvalue weighted by Gasteiger charge is -2.33. The molecule has 2 bridgehead atoms. The average Bonchev–Trinajstić information content (AvgIpc) is 2.26. The Labute approximate surface area is 85.8 Å². The molecule has 4 nitrogen and oxygen atoms in total. The first-order chi connectivity index (χ1) is 7.25. The van der Waals surface area contributed by atoms with E-state index in [-0.39, 0.29) is 0 Å². The van der Waals surface area contributed by atoms with Crippen molar-refractivity contribution in [3.8, 4) is 0 Å². The van der Waals surface area contributed by atoms with Crippen molar-refractivity contribution in [3.63, 3.8) is 0 Å². The van der Waals surface area contributed by atoms with Gasteiger partial charge in [-0.1, -0.05) is 24.3 Å². The lowest BCUT2D eigenvalue weighted by atomic mass is 9.93. The average molecular weight is 204 g/mol. The second-order valence-corrected chi connectivity index (χ2v) is 3.65. The van der Waals surface area contributed by atoms with E-state index in [0.29, 0.717) is 6.42 Å². The molecule has 4 heteroatoms. The number of fused-ring (bicyclic) bond motifs is 4. The van der Waals surface area contributed by atoms with Gasteiger partial charge in [0.2, 0.25) is 0 Å². The minimum absolute atomic E-state index is 0.485. The summed E-state index contributed by atoms with van der Waals surface area (Å²) in [5.74, 6) is -1.19. The minimum Gasteiger partial charge on any atom is -0.389 e. The van der Waals surface area contributed by atoms with Crippen molar-refractivity contribution < 1.29 is 19.1 Å². The standard InChI is InChI=1S/C11H8O4/c12-10-8-5-6-3-1-2-4-7(6)9(14-8)11(13)15-10/h1-4,8-9H,5H2. The highest BCUT2D eigenvalue weighted by atomic mass is 16.6. The second kappa shape index (κ2) is 2.90. The monoisotopic (exact) mass is 204 g/mol. The molecule has 1 aromatic carbocycles. The van der Waals surface area contributed by atoms with Crippen LogP contribution in [0.2, 0.25) is 0 Å². The molecule has 1 aromatic rings. The maximum Gasteiger partial charge on any atom is 0.347 e. The Bertz CT molecular complexity index is 452. The van der Waals surface area contributed by atoms with Crippen LogP contribution in [0.1, 0.15) is 17.2 Å². The molecule has 2 atom stereocenters. The van der Waals surface area contributed by atoms with E-state index in [9.17, 15) is 9.59 Å². The summed E-state index contributed by atoms with van der Waals surface area (Å²) >= 11 is 0. The van der Waals surface area contributed by atoms with Crippen LogP contribution >= 0.6 is 0 Å². The SMILES string of the molecule is O=C1OC(=O)C2OC1Cc1ccccc12. The fraction of sp³-hybridized carbons (Fsp3) is 0.273. The fourth-order valence-electron chi connectivity index (χ4n) is 2.00. The molecule has 0 radical (unpaired) electrons. The Balaban J connectivity index is 2.12. The van der Waals surface area contributed by atoms with Crippen LogP contribution < -0.4 is 0 Å². The zero-order chi connectivity index (χ0) is 10.4. The molecule has 0 N–H and O–H groups in total. The van der Waals surface area contributed by atoms with Crippen LogP contribution in [0.4, 0.5) is 0 Å². The molecule has 0 aliphatic carbocycles. The van der Waals surface area contributed by atoms with Crippen LogP contribution in [0, 0.1) is 0 Å². The molecule has 0 amide bonds. The van der Waals surface area contributed by atoms with Gasteiger partial charge < -0.3 is 9.47 Å². The Hall–Kier alpha value is -1.68. The largest absolute Gasteiger partial charge is 0.389 e. The van der Waals surface area contributed by atoms with Crippen LogP contribution in [0.5, 0.6) is 0 Å². The Morgan fingerprint density at radius 1 is 1.13 bits per heavy atom. The van der Waals surface area contributed by atoms with E-state index in [1.54, 1.807) is 0 Å². The van der Waals surface area contributed by atoms with Crippen LogP contribution in [0.3, 0.4) is 0 Å². The zero-order valence-corrected chi connectivity index (χ0v) is 7.80. The van der Waals surface area contributed by atoms with Gasteiger partial charge in [0, 0.05) is 6.42 Å². The van der Waals surface area contributed by atoms with Crippen LogP contribution in [-0.4, -0.2) is 18.0 Å². The van der Waals surface area contributed by atoms with Gasteiger partial charge in [0.15, 0.2) is 12.2 Å². The van der Waals surface area contributed by atoms with Crippen molar-refractivity contribution in [2.24, 2.45) is 0 Å². The van der Waals surface area contributed by atoms with Crippen LogP contribution in [-0.2, 0) is 25.5 Å². The van der Waals surface area contributed by atoms with Crippen molar-refractivity contribution in [1.82, 2.24) is 0 Å². The maximum absolute atomic E-state index is 11.4. The van der Waals surface area contributed by atoms with Gasteiger partial charge in [0.25, 0.3) is 0 Å². The highest BCUT2D eigenvalue weighted by Crippen LogP contribution is 2.34. The van der Waals surface area contributed by atoms with Gasteiger partial charge in [-0.3, -0.25) is 0 Å². The molecule has 2 heterocycles. The third-order valence-electron chi connectivity index (χ3n) is 2.72. The number of esters is 2. The summed E-state index contributed by atoms with van der Waals surface area (Å²) in [5, 5.41) is 0. The first-order valence-corrected chi connectivity index (χ1v) is 4.74. The van der Waals surface area contributed by atoms with Gasteiger partial charge >= 0.3 is 11.9 Å². The summed E-state index contributed by atoms with van der Waals surface area (Å²) in [5.41, 5.74) is 1.80. The molecule has 3 rings (SSSR count). The fourth-order valence-corrected chi connectivity index (χ4v) is 2.00. The predicted molar refractivity (Wildman–Crippen MR) is 48.9 cm³/mol. The van der Waals surface area contributed by atoms with E-state index in [4.69, 9.17) is 4.74 Å². The topological polar surface area (TPSA) is 52.6 Å². The number of hydrogen-bond donors (Lipinski definition) is 0. The summed E-state index contributed by atoms with van der Waals surface area (Å²) < 4.78 is 9.96. The van der Waals surface area contributed by atoms with Crippen molar-refractivity contribution in [3.05, 3.63) is 35.4 Å². The molecule has 0 aromatic heterocycles. The van der Waals surface area contributed by atoms with E-state index in [0.717, 1.165) is 11.1 Å². The Morgan fingerprint density at radius 3 is 2.80 bits per heavy atom. The first kappa shape index (κ1) is 8.61. The number of hydrogen-bond acceptors (Lipinski definition) is 4. The number of rotatable bonds is 0. The van der Waals surface area contributed by atoms with E-state index < -0.39 is 24.1 Å². The summed E-state index contributed by atoms with van der Waals surface area (Å²) in [7, 11) is 0. The molecular weight excluding hydrogens is 196 g/mol. The summed E-state index contributed by atoms with van der Waals surface area (Å²) in [4.78, 5) is 22.7. The highest BCUT2D eigenvalue weighted by molar-refractivity contribution is 5.94. The number of ether oxygens (including phenoxy) is 2. The van der Waals surface area contributed by atoms with Gasteiger partial charge in [0.05, 0.1) is 0 Å². The Morgan fingerprint density at radius 2 is 1.93 bits per heavy atom. The lowest BCUT2D eigenvalue weighted by Crippen LogP contribution is -2.44. The van der Waals surface area contributed by atoms with Gasteiger partial charge in [-0.2, -0.15) is 0 Å². The molecular formula is C11H8O4. The van der Waals surface area contributed by atoms with E-state index in [1.165, 1.54) is 0 Å². The molecule has 1 saturated heterocycles. The second-order valence-electron chi connectivity index (χ2n) is 3.65. The number of cyclic esters (lactones) is 2. The van der Waals surface area contributed by atoms with Crippen molar-refractivity contribution >= 4 is 11.9 Å². The lowest BCUT2D eigenvalue weighted by molar-refractivity contribution is -0.196. The highest BCUT2D eigenvalue weighted by Gasteiger charge is 2.43.